The summed E-state index contributed by atoms with van der Waals surface area (Å²) >= 11 is 0. The summed E-state index contributed by atoms with van der Waals surface area (Å²) in [6.45, 7) is 10.0. The van der Waals surface area contributed by atoms with Crippen LogP contribution in [0.25, 0.3) is 11.3 Å². The minimum absolute atomic E-state index is 0.0578. The second-order valence-electron chi connectivity index (χ2n) is 8.22. The van der Waals surface area contributed by atoms with Gasteiger partial charge in [-0.1, -0.05) is 0 Å². The lowest BCUT2D eigenvalue weighted by Gasteiger charge is -2.27. The quantitative estimate of drug-likeness (QED) is 0.582. The van der Waals surface area contributed by atoms with Gasteiger partial charge in [0.25, 0.3) is 5.69 Å². The first-order valence-corrected chi connectivity index (χ1v) is 8.83. The number of amides is 2. The van der Waals surface area contributed by atoms with Crippen LogP contribution >= 0.6 is 0 Å². The largest absolute Gasteiger partial charge is 0.443 e. The van der Waals surface area contributed by atoms with Crippen molar-refractivity contribution in [2.75, 3.05) is 4.90 Å². The molecule has 0 aliphatic heterocycles. The Labute approximate surface area is 168 Å². The molecule has 0 unspecified atom stereocenters. The summed E-state index contributed by atoms with van der Waals surface area (Å²) in [6.07, 6.45) is -0.495. The van der Waals surface area contributed by atoms with Crippen molar-refractivity contribution < 1.29 is 24.0 Å². The second-order valence-corrected chi connectivity index (χ2v) is 8.22. The molecule has 0 saturated heterocycles. The molecule has 1 aromatic carbocycles. The Morgan fingerprint density at radius 2 is 1.48 bits per heavy atom. The number of aromatic amines is 1. The molecule has 2 aromatic rings. The van der Waals surface area contributed by atoms with Crippen molar-refractivity contribution in [1.29, 1.82) is 0 Å². The number of nitrogens with zero attached hydrogens (tertiary/aromatic N) is 3. The molecule has 0 aliphatic rings. The molecule has 10 nitrogen and oxygen atoms in total. The lowest BCUT2D eigenvalue weighted by molar-refractivity contribution is -0.384. The number of imidazole rings is 1. The SMILES string of the molecule is CC(C)(C)OC(=O)N(C(=O)OC(C)(C)C)c1ncc(-c2ccc([N+](=O)[O-])cc2)[nH]1. The molecule has 1 aromatic heterocycles. The molecule has 0 radical (unpaired) electrons. The molecule has 29 heavy (non-hydrogen) atoms. The Morgan fingerprint density at radius 3 is 1.90 bits per heavy atom. The van der Waals surface area contributed by atoms with Crippen molar-refractivity contribution in [2.24, 2.45) is 0 Å². The van der Waals surface area contributed by atoms with Crippen molar-refractivity contribution in [2.45, 2.75) is 52.7 Å². The number of hydrogen-bond acceptors (Lipinski definition) is 7. The second kappa shape index (κ2) is 7.90. The molecule has 0 saturated carbocycles. The Hall–Kier alpha value is -3.43. The Balaban J connectivity index is 2.37. The molecular formula is C19H24N4O6. The molecule has 2 amide bonds. The number of nitro benzene ring substituents is 1. The van der Waals surface area contributed by atoms with E-state index < -0.39 is 28.3 Å². The third-order valence-electron chi connectivity index (χ3n) is 3.32. The Morgan fingerprint density at radius 1 is 1.00 bits per heavy atom. The van der Waals surface area contributed by atoms with Gasteiger partial charge in [-0.3, -0.25) is 10.1 Å². The first-order valence-electron chi connectivity index (χ1n) is 8.83. The van der Waals surface area contributed by atoms with Gasteiger partial charge in [0.15, 0.2) is 0 Å². The fraction of sp³-hybridized carbons (Fsp3) is 0.421. The summed E-state index contributed by atoms with van der Waals surface area (Å²) < 4.78 is 10.6. The monoisotopic (exact) mass is 404 g/mol. The van der Waals surface area contributed by atoms with E-state index in [0.29, 0.717) is 16.2 Å². The van der Waals surface area contributed by atoms with Crippen LogP contribution in [0.4, 0.5) is 21.2 Å². The minimum atomic E-state index is -0.948. The first kappa shape index (κ1) is 21.9. The number of imide groups is 1. The van der Waals surface area contributed by atoms with Gasteiger partial charge in [-0.05, 0) is 53.7 Å². The third-order valence-corrected chi connectivity index (χ3v) is 3.32. The average molecular weight is 404 g/mol. The van der Waals surface area contributed by atoms with Crippen molar-refractivity contribution in [3.8, 4) is 11.3 Å². The number of rotatable bonds is 3. The van der Waals surface area contributed by atoms with Crippen LogP contribution in [-0.4, -0.2) is 38.3 Å². The number of non-ortho nitro benzene ring substituents is 1. The van der Waals surface area contributed by atoms with Gasteiger partial charge < -0.3 is 14.5 Å². The maximum Gasteiger partial charge on any atom is 0.427 e. The predicted molar refractivity (Wildman–Crippen MR) is 106 cm³/mol. The van der Waals surface area contributed by atoms with Crippen molar-refractivity contribution in [3.05, 3.63) is 40.6 Å². The first-order chi connectivity index (χ1) is 13.3. The summed E-state index contributed by atoms with van der Waals surface area (Å²) in [4.78, 5) is 43.1. The molecule has 0 atom stereocenters. The van der Waals surface area contributed by atoms with Crippen molar-refractivity contribution in [1.82, 2.24) is 9.97 Å². The van der Waals surface area contributed by atoms with E-state index in [1.807, 2.05) is 0 Å². The van der Waals surface area contributed by atoms with Crippen LogP contribution in [-0.2, 0) is 9.47 Å². The summed E-state index contributed by atoms with van der Waals surface area (Å²) in [7, 11) is 0. The zero-order valence-corrected chi connectivity index (χ0v) is 17.2. The molecule has 0 fully saturated rings. The number of anilines is 1. The lowest BCUT2D eigenvalue weighted by Crippen LogP contribution is -2.44. The number of nitrogens with one attached hydrogen (secondary N) is 1. The molecule has 0 bridgehead atoms. The minimum Gasteiger partial charge on any atom is -0.443 e. The highest BCUT2D eigenvalue weighted by Gasteiger charge is 2.34. The smallest absolute Gasteiger partial charge is 0.427 e. The summed E-state index contributed by atoms with van der Waals surface area (Å²) in [6, 6.07) is 5.74. The topological polar surface area (TPSA) is 128 Å². The van der Waals surface area contributed by atoms with Crippen LogP contribution in [0.15, 0.2) is 30.5 Å². The van der Waals surface area contributed by atoms with E-state index in [0.717, 1.165) is 0 Å². The highest BCUT2D eigenvalue weighted by atomic mass is 16.6. The van der Waals surface area contributed by atoms with E-state index in [1.54, 1.807) is 41.5 Å². The van der Waals surface area contributed by atoms with Crippen molar-refractivity contribution >= 4 is 23.8 Å². The highest BCUT2D eigenvalue weighted by molar-refractivity contribution is 6.08. The summed E-state index contributed by atoms with van der Waals surface area (Å²) in [5.74, 6) is -0.0955. The van der Waals surface area contributed by atoms with E-state index in [-0.39, 0.29) is 11.6 Å². The highest BCUT2D eigenvalue weighted by Crippen LogP contribution is 2.25. The van der Waals surface area contributed by atoms with Crippen molar-refractivity contribution in [3.63, 3.8) is 0 Å². The number of hydrogen-bond donors (Lipinski definition) is 1. The van der Waals surface area contributed by atoms with Gasteiger partial charge in [-0.15, -0.1) is 4.90 Å². The molecule has 1 heterocycles. The fourth-order valence-corrected chi connectivity index (χ4v) is 2.20. The average Bonchev–Trinajstić information content (AvgIpc) is 3.01. The standard InChI is InChI=1S/C19H24N4O6/c1-18(2,3)28-16(24)22(17(25)29-19(4,5)6)15-20-11-14(21-15)12-7-9-13(10-8-12)23(26)27/h7-11H,1-6H3,(H,20,21). The number of carbonyl (C=O) groups excluding carboxylic acids is 2. The van der Waals surface area contributed by atoms with Crippen LogP contribution in [0.3, 0.4) is 0 Å². The van der Waals surface area contributed by atoms with Crippen LogP contribution in [0.5, 0.6) is 0 Å². The van der Waals surface area contributed by atoms with E-state index in [1.165, 1.54) is 30.5 Å². The van der Waals surface area contributed by atoms with Gasteiger partial charge in [0, 0.05) is 17.7 Å². The normalized spacial score (nSPS) is 11.7. The van der Waals surface area contributed by atoms with Crippen LogP contribution in [0, 0.1) is 10.1 Å². The van der Waals surface area contributed by atoms with Gasteiger partial charge in [-0.2, -0.15) is 0 Å². The molecule has 156 valence electrons. The number of ether oxygens (including phenoxy) is 2. The van der Waals surface area contributed by atoms with E-state index in [2.05, 4.69) is 9.97 Å². The van der Waals surface area contributed by atoms with Crippen LogP contribution in [0.1, 0.15) is 41.5 Å². The van der Waals surface area contributed by atoms with Crippen LogP contribution in [0.2, 0.25) is 0 Å². The fourth-order valence-electron chi connectivity index (χ4n) is 2.20. The molecule has 1 N–H and O–H groups in total. The molecule has 2 rings (SSSR count). The molecular weight excluding hydrogens is 380 g/mol. The van der Waals surface area contributed by atoms with E-state index in [9.17, 15) is 19.7 Å². The van der Waals surface area contributed by atoms with Gasteiger partial charge in [0.2, 0.25) is 5.95 Å². The van der Waals surface area contributed by atoms with Gasteiger partial charge >= 0.3 is 12.2 Å². The maximum absolute atomic E-state index is 12.6. The lowest BCUT2D eigenvalue weighted by atomic mass is 10.1. The number of carbonyl (C=O) groups is 2. The van der Waals surface area contributed by atoms with E-state index in [4.69, 9.17) is 9.47 Å². The Bertz CT molecular complexity index is 878. The molecule has 10 heteroatoms. The Kier molecular flexibility index (Phi) is 5.96. The zero-order valence-electron chi connectivity index (χ0n) is 17.2. The summed E-state index contributed by atoms with van der Waals surface area (Å²) in [5, 5.41) is 10.8. The maximum atomic E-state index is 12.6. The van der Waals surface area contributed by atoms with Gasteiger partial charge in [0.05, 0.1) is 16.8 Å². The predicted octanol–water partition coefficient (Wildman–Crippen LogP) is 4.66. The van der Waals surface area contributed by atoms with Gasteiger partial charge in [0.1, 0.15) is 11.2 Å². The molecule has 0 aliphatic carbocycles. The number of benzene rings is 1. The van der Waals surface area contributed by atoms with E-state index >= 15 is 0 Å². The number of aromatic nitrogens is 2. The third kappa shape index (κ3) is 6.03. The number of H-pyrrole nitrogens is 1. The van der Waals surface area contributed by atoms with Gasteiger partial charge in [-0.25, -0.2) is 14.6 Å². The zero-order chi connectivity index (χ0) is 22.0. The number of nitro groups is 1. The molecule has 0 spiro atoms. The summed E-state index contributed by atoms with van der Waals surface area (Å²) in [5.41, 5.74) is -0.705. The van der Waals surface area contributed by atoms with Crippen LogP contribution < -0.4 is 4.90 Å².